The number of benzene rings is 3. The normalized spacial score (nSPS) is 11.4. The van der Waals surface area contributed by atoms with Crippen LogP contribution in [-0.4, -0.2) is 21.8 Å². The molecule has 0 saturated carbocycles. The number of carbonyl (C=O) groups excluding carboxylic acids is 1. The summed E-state index contributed by atoms with van der Waals surface area (Å²) < 4.78 is 0. The van der Waals surface area contributed by atoms with Crippen LogP contribution in [-0.2, 0) is 0 Å². The second kappa shape index (κ2) is 9.16. The van der Waals surface area contributed by atoms with Gasteiger partial charge >= 0.3 is 0 Å². The number of hydrazone groups is 1. The molecule has 1 aromatic heterocycles. The maximum Gasteiger partial charge on any atom is 0.289 e. The number of hydrogen-bond acceptors (Lipinski definition) is 3. The standard InChI is InChI=1S/C24H18Cl2N4O/c1-15(16-7-9-18(10-8-16)17-5-3-2-4-6-17)27-30-24(31)23-14-22(28-29-23)19-11-12-20(25)21(26)13-19/h2-14H,1H3,(H,28,29)(H,30,31)/b27-15-. The fourth-order valence-electron chi connectivity index (χ4n) is 3.04. The zero-order chi connectivity index (χ0) is 21.8. The van der Waals surface area contributed by atoms with E-state index in [0.29, 0.717) is 21.5 Å². The molecule has 7 heteroatoms. The maximum atomic E-state index is 12.4. The van der Waals surface area contributed by atoms with Crippen LogP contribution in [0.3, 0.4) is 0 Å². The van der Waals surface area contributed by atoms with Crippen molar-refractivity contribution >= 4 is 34.8 Å². The summed E-state index contributed by atoms with van der Waals surface area (Å²) in [6.07, 6.45) is 0. The molecule has 0 fully saturated rings. The van der Waals surface area contributed by atoms with Gasteiger partial charge in [-0.1, -0.05) is 83.9 Å². The van der Waals surface area contributed by atoms with Crippen molar-refractivity contribution in [3.05, 3.63) is 100 Å². The SMILES string of the molecule is C/C(=N/NC(=O)c1cc(-c2ccc(Cl)c(Cl)c2)n[nH]1)c1ccc(-c2ccccc2)cc1. The third kappa shape index (κ3) is 4.85. The van der Waals surface area contributed by atoms with Gasteiger partial charge in [-0.3, -0.25) is 9.89 Å². The number of halogens is 2. The highest BCUT2D eigenvalue weighted by atomic mass is 35.5. The fraction of sp³-hybridized carbons (Fsp3) is 0.0417. The van der Waals surface area contributed by atoms with Crippen molar-refractivity contribution in [2.45, 2.75) is 6.92 Å². The largest absolute Gasteiger partial charge is 0.289 e. The van der Waals surface area contributed by atoms with Gasteiger partial charge in [0.1, 0.15) is 5.69 Å². The predicted octanol–water partition coefficient (Wildman–Crippen LogP) is 6.20. The van der Waals surface area contributed by atoms with Gasteiger partial charge in [-0.05, 0) is 41.8 Å². The number of nitrogens with zero attached hydrogens (tertiary/aromatic N) is 2. The Labute approximate surface area is 189 Å². The van der Waals surface area contributed by atoms with Gasteiger partial charge in [-0.2, -0.15) is 10.2 Å². The first kappa shape index (κ1) is 20.8. The van der Waals surface area contributed by atoms with E-state index in [-0.39, 0.29) is 11.6 Å². The molecule has 1 amide bonds. The Morgan fingerprint density at radius 2 is 1.55 bits per heavy atom. The third-order valence-corrected chi connectivity index (χ3v) is 5.51. The van der Waals surface area contributed by atoms with Crippen LogP contribution >= 0.6 is 23.2 Å². The van der Waals surface area contributed by atoms with Crippen LogP contribution in [0.25, 0.3) is 22.4 Å². The molecular weight excluding hydrogens is 431 g/mol. The molecule has 31 heavy (non-hydrogen) atoms. The molecule has 0 aliphatic heterocycles. The van der Waals surface area contributed by atoms with E-state index in [4.69, 9.17) is 23.2 Å². The fourth-order valence-corrected chi connectivity index (χ4v) is 3.33. The smallest absolute Gasteiger partial charge is 0.272 e. The van der Waals surface area contributed by atoms with E-state index in [1.54, 1.807) is 24.3 Å². The number of amides is 1. The Kier molecular flexibility index (Phi) is 6.16. The van der Waals surface area contributed by atoms with E-state index in [0.717, 1.165) is 22.3 Å². The van der Waals surface area contributed by atoms with Gasteiger partial charge in [0, 0.05) is 5.56 Å². The Morgan fingerprint density at radius 1 is 0.871 bits per heavy atom. The van der Waals surface area contributed by atoms with Crippen molar-refractivity contribution in [2.24, 2.45) is 5.10 Å². The van der Waals surface area contributed by atoms with Crippen LogP contribution in [0.15, 0.2) is 84.0 Å². The van der Waals surface area contributed by atoms with E-state index in [1.165, 1.54) is 0 Å². The molecule has 0 aliphatic rings. The van der Waals surface area contributed by atoms with Crippen molar-refractivity contribution in [3.63, 3.8) is 0 Å². The molecule has 0 unspecified atom stereocenters. The lowest BCUT2D eigenvalue weighted by Crippen LogP contribution is -2.19. The first-order chi connectivity index (χ1) is 15.0. The summed E-state index contributed by atoms with van der Waals surface area (Å²) in [6, 6.07) is 25.0. The van der Waals surface area contributed by atoms with Crippen LogP contribution in [0.1, 0.15) is 23.0 Å². The van der Waals surface area contributed by atoms with Crippen molar-refractivity contribution in [1.82, 2.24) is 15.6 Å². The van der Waals surface area contributed by atoms with Gasteiger partial charge in [-0.15, -0.1) is 0 Å². The summed E-state index contributed by atoms with van der Waals surface area (Å²) in [5, 5.41) is 12.0. The highest BCUT2D eigenvalue weighted by Crippen LogP contribution is 2.27. The molecule has 0 bridgehead atoms. The topological polar surface area (TPSA) is 70.1 Å². The summed E-state index contributed by atoms with van der Waals surface area (Å²) in [6.45, 7) is 1.84. The van der Waals surface area contributed by atoms with Crippen molar-refractivity contribution < 1.29 is 4.79 Å². The highest BCUT2D eigenvalue weighted by molar-refractivity contribution is 6.42. The minimum absolute atomic E-state index is 0.289. The molecule has 0 saturated heterocycles. The van der Waals surface area contributed by atoms with E-state index < -0.39 is 0 Å². The number of hydrogen-bond donors (Lipinski definition) is 2. The monoisotopic (exact) mass is 448 g/mol. The predicted molar refractivity (Wildman–Crippen MR) is 126 cm³/mol. The van der Waals surface area contributed by atoms with Gasteiger partial charge < -0.3 is 0 Å². The van der Waals surface area contributed by atoms with E-state index in [2.05, 4.69) is 32.9 Å². The molecule has 5 nitrogen and oxygen atoms in total. The van der Waals surface area contributed by atoms with Gasteiger partial charge in [-0.25, -0.2) is 5.43 Å². The van der Waals surface area contributed by atoms with E-state index in [9.17, 15) is 4.79 Å². The van der Waals surface area contributed by atoms with Crippen LogP contribution in [0.5, 0.6) is 0 Å². The lowest BCUT2D eigenvalue weighted by Gasteiger charge is -2.05. The summed E-state index contributed by atoms with van der Waals surface area (Å²) in [7, 11) is 0. The van der Waals surface area contributed by atoms with Crippen LogP contribution in [0, 0.1) is 0 Å². The van der Waals surface area contributed by atoms with Gasteiger partial charge in [0.05, 0.1) is 21.5 Å². The van der Waals surface area contributed by atoms with Crippen LogP contribution < -0.4 is 5.43 Å². The number of aromatic amines is 1. The van der Waals surface area contributed by atoms with E-state index >= 15 is 0 Å². The molecule has 0 atom stereocenters. The lowest BCUT2D eigenvalue weighted by atomic mass is 10.0. The van der Waals surface area contributed by atoms with E-state index in [1.807, 2.05) is 49.4 Å². The average Bonchev–Trinajstić information content (AvgIpc) is 3.30. The molecule has 154 valence electrons. The summed E-state index contributed by atoms with van der Waals surface area (Å²) in [4.78, 5) is 12.4. The summed E-state index contributed by atoms with van der Waals surface area (Å²) >= 11 is 12.0. The van der Waals surface area contributed by atoms with Gasteiger partial charge in [0.15, 0.2) is 0 Å². The number of H-pyrrole nitrogens is 1. The molecule has 1 heterocycles. The highest BCUT2D eigenvalue weighted by Gasteiger charge is 2.12. The molecule has 3 aromatic carbocycles. The molecule has 0 spiro atoms. The zero-order valence-corrected chi connectivity index (χ0v) is 18.1. The first-order valence-electron chi connectivity index (χ1n) is 9.52. The second-order valence-electron chi connectivity index (χ2n) is 6.88. The quantitative estimate of drug-likeness (QED) is 0.281. The molecule has 0 radical (unpaired) electrons. The molecule has 4 aromatic rings. The lowest BCUT2D eigenvalue weighted by molar-refractivity contribution is 0.0950. The maximum absolute atomic E-state index is 12.4. The first-order valence-corrected chi connectivity index (χ1v) is 10.3. The molecule has 0 aliphatic carbocycles. The molecule has 2 N–H and O–H groups in total. The molecular formula is C24H18Cl2N4O. The minimum Gasteiger partial charge on any atom is -0.272 e. The summed E-state index contributed by atoms with van der Waals surface area (Å²) in [5.41, 5.74) is 8.06. The zero-order valence-electron chi connectivity index (χ0n) is 16.6. The minimum atomic E-state index is -0.390. The van der Waals surface area contributed by atoms with Crippen molar-refractivity contribution in [1.29, 1.82) is 0 Å². The third-order valence-electron chi connectivity index (χ3n) is 4.77. The van der Waals surface area contributed by atoms with Crippen LogP contribution in [0.4, 0.5) is 0 Å². The Morgan fingerprint density at radius 3 is 2.26 bits per heavy atom. The van der Waals surface area contributed by atoms with Crippen LogP contribution in [0.2, 0.25) is 10.0 Å². The number of carbonyl (C=O) groups is 1. The Hall–Kier alpha value is -3.41. The Bertz CT molecular complexity index is 1250. The van der Waals surface area contributed by atoms with Crippen molar-refractivity contribution in [3.8, 4) is 22.4 Å². The van der Waals surface area contributed by atoms with Gasteiger partial charge in [0.2, 0.25) is 0 Å². The average molecular weight is 449 g/mol. The Balaban J connectivity index is 1.44. The summed E-state index contributed by atoms with van der Waals surface area (Å²) in [5.74, 6) is -0.390. The molecule has 4 rings (SSSR count). The van der Waals surface area contributed by atoms with Crippen molar-refractivity contribution in [2.75, 3.05) is 0 Å². The number of nitrogens with one attached hydrogen (secondary N) is 2. The second-order valence-corrected chi connectivity index (χ2v) is 7.69. The number of rotatable bonds is 5. The number of aromatic nitrogens is 2. The van der Waals surface area contributed by atoms with Gasteiger partial charge in [0.25, 0.3) is 5.91 Å².